The Morgan fingerprint density at radius 1 is 1.31 bits per heavy atom. The van der Waals surface area contributed by atoms with E-state index in [2.05, 4.69) is 0 Å². The van der Waals surface area contributed by atoms with E-state index in [-0.39, 0.29) is 5.92 Å². The lowest BCUT2D eigenvalue weighted by Gasteiger charge is -2.11. The van der Waals surface area contributed by atoms with Gasteiger partial charge in [0.05, 0.1) is 5.92 Å². The maximum atomic E-state index is 13.7. The van der Waals surface area contributed by atoms with Crippen LogP contribution in [0.5, 0.6) is 0 Å². The summed E-state index contributed by atoms with van der Waals surface area (Å²) in [4.78, 5) is 10.9. The molecule has 0 aliphatic heterocycles. The molecular formula is C13H15FO2. The fourth-order valence-electron chi connectivity index (χ4n) is 1.40. The molecule has 0 aliphatic rings. The summed E-state index contributed by atoms with van der Waals surface area (Å²) in [7, 11) is 0. The van der Waals surface area contributed by atoms with Gasteiger partial charge in [0.1, 0.15) is 5.83 Å². The molecule has 0 saturated heterocycles. The number of aliphatic carboxylic acids is 1. The van der Waals surface area contributed by atoms with Crippen molar-refractivity contribution in [1.29, 1.82) is 0 Å². The Morgan fingerprint density at radius 2 is 1.88 bits per heavy atom. The average Bonchev–Trinajstić information content (AvgIpc) is 2.25. The van der Waals surface area contributed by atoms with Gasteiger partial charge in [-0.3, -0.25) is 4.79 Å². The number of benzene rings is 1. The molecule has 1 aromatic rings. The number of rotatable bonds is 4. The molecule has 3 heteroatoms. The summed E-state index contributed by atoms with van der Waals surface area (Å²) in [6.07, 6.45) is 1.17. The van der Waals surface area contributed by atoms with E-state index in [9.17, 15) is 9.18 Å². The van der Waals surface area contributed by atoms with Crippen LogP contribution in [0, 0.1) is 11.8 Å². The van der Waals surface area contributed by atoms with Crippen molar-refractivity contribution in [3.05, 3.63) is 42.0 Å². The zero-order valence-electron chi connectivity index (χ0n) is 9.35. The monoisotopic (exact) mass is 222 g/mol. The lowest BCUT2D eigenvalue weighted by atomic mass is 9.94. The first-order valence-electron chi connectivity index (χ1n) is 5.18. The van der Waals surface area contributed by atoms with Gasteiger partial charge in [-0.1, -0.05) is 44.2 Å². The van der Waals surface area contributed by atoms with Crippen molar-refractivity contribution in [2.24, 2.45) is 11.8 Å². The first-order chi connectivity index (χ1) is 7.52. The molecule has 0 amide bonds. The standard InChI is InChI=1S/C13H15FO2/c1-9(2)11(13(15)16)8-12(14)10-6-4-3-5-7-10/h3-9,11H,1-2H3,(H,15,16). The fourth-order valence-corrected chi connectivity index (χ4v) is 1.40. The van der Waals surface area contributed by atoms with E-state index < -0.39 is 17.7 Å². The van der Waals surface area contributed by atoms with Crippen LogP contribution < -0.4 is 0 Å². The van der Waals surface area contributed by atoms with Gasteiger partial charge in [-0.25, -0.2) is 4.39 Å². The highest BCUT2D eigenvalue weighted by Crippen LogP contribution is 2.21. The van der Waals surface area contributed by atoms with Crippen molar-refractivity contribution in [3.8, 4) is 0 Å². The molecule has 2 nitrogen and oxygen atoms in total. The molecule has 1 atom stereocenters. The van der Waals surface area contributed by atoms with Gasteiger partial charge in [-0.2, -0.15) is 0 Å². The molecule has 1 aromatic carbocycles. The van der Waals surface area contributed by atoms with Crippen LogP contribution in [-0.2, 0) is 4.79 Å². The Kier molecular flexibility index (Phi) is 4.23. The van der Waals surface area contributed by atoms with E-state index in [4.69, 9.17) is 5.11 Å². The molecule has 1 rings (SSSR count). The van der Waals surface area contributed by atoms with Crippen LogP contribution in [0.25, 0.3) is 5.83 Å². The van der Waals surface area contributed by atoms with E-state index in [0.29, 0.717) is 5.56 Å². The number of carbonyl (C=O) groups is 1. The smallest absolute Gasteiger partial charge is 0.310 e. The molecule has 1 N–H and O–H groups in total. The molecule has 0 radical (unpaired) electrons. The molecule has 0 saturated carbocycles. The molecule has 0 aromatic heterocycles. The molecule has 0 spiro atoms. The van der Waals surface area contributed by atoms with Crippen molar-refractivity contribution in [2.75, 3.05) is 0 Å². The van der Waals surface area contributed by atoms with Crippen LogP contribution >= 0.6 is 0 Å². The second-order valence-corrected chi connectivity index (χ2v) is 3.99. The van der Waals surface area contributed by atoms with Gasteiger partial charge in [-0.05, 0) is 12.0 Å². The Morgan fingerprint density at radius 3 is 2.31 bits per heavy atom. The zero-order valence-corrected chi connectivity index (χ0v) is 9.35. The lowest BCUT2D eigenvalue weighted by Crippen LogP contribution is -2.17. The SMILES string of the molecule is CC(C)C(C=C(F)c1ccccc1)C(=O)O. The highest BCUT2D eigenvalue weighted by molar-refractivity contribution is 5.75. The number of hydrogen-bond acceptors (Lipinski definition) is 1. The third-order valence-corrected chi connectivity index (χ3v) is 2.38. The molecule has 86 valence electrons. The minimum Gasteiger partial charge on any atom is -0.481 e. The summed E-state index contributed by atoms with van der Waals surface area (Å²) < 4.78 is 13.7. The average molecular weight is 222 g/mol. The van der Waals surface area contributed by atoms with E-state index >= 15 is 0 Å². The second kappa shape index (κ2) is 5.45. The maximum Gasteiger partial charge on any atom is 0.310 e. The van der Waals surface area contributed by atoms with Gasteiger partial charge in [0.2, 0.25) is 0 Å². The molecule has 16 heavy (non-hydrogen) atoms. The normalized spacial score (nSPS) is 13.9. The largest absolute Gasteiger partial charge is 0.481 e. The number of carboxylic acid groups (broad SMARTS) is 1. The summed E-state index contributed by atoms with van der Waals surface area (Å²) in [5.74, 6) is -2.41. The Hall–Kier alpha value is -1.64. The quantitative estimate of drug-likeness (QED) is 0.848. The van der Waals surface area contributed by atoms with Crippen LogP contribution in [0.1, 0.15) is 19.4 Å². The second-order valence-electron chi connectivity index (χ2n) is 3.99. The van der Waals surface area contributed by atoms with Gasteiger partial charge in [-0.15, -0.1) is 0 Å². The number of carboxylic acids is 1. The fraction of sp³-hybridized carbons (Fsp3) is 0.308. The summed E-state index contributed by atoms with van der Waals surface area (Å²) in [5.41, 5.74) is 0.411. The first-order valence-corrected chi connectivity index (χ1v) is 5.18. The lowest BCUT2D eigenvalue weighted by molar-refractivity contribution is -0.141. The van der Waals surface area contributed by atoms with Crippen molar-refractivity contribution in [3.63, 3.8) is 0 Å². The summed E-state index contributed by atoms with van der Waals surface area (Å²) in [6, 6.07) is 8.45. The molecule has 1 unspecified atom stereocenters. The van der Waals surface area contributed by atoms with Crippen molar-refractivity contribution in [2.45, 2.75) is 13.8 Å². The van der Waals surface area contributed by atoms with Crippen LogP contribution in [0.4, 0.5) is 4.39 Å². The van der Waals surface area contributed by atoms with Crippen LogP contribution in [0.2, 0.25) is 0 Å². The molecule has 0 fully saturated rings. The number of halogens is 1. The van der Waals surface area contributed by atoms with Crippen LogP contribution in [0.15, 0.2) is 36.4 Å². The van der Waals surface area contributed by atoms with Crippen molar-refractivity contribution < 1.29 is 14.3 Å². The van der Waals surface area contributed by atoms with E-state index in [0.717, 1.165) is 0 Å². The summed E-state index contributed by atoms with van der Waals surface area (Å²) in [5, 5.41) is 8.93. The van der Waals surface area contributed by atoms with Gasteiger partial charge in [0, 0.05) is 5.56 Å². The Balaban J connectivity index is 2.95. The highest BCUT2D eigenvalue weighted by Gasteiger charge is 2.20. The van der Waals surface area contributed by atoms with Crippen LogP contribution in [0.3, 0.4) is 0 Å². The van der Waals surface area contributed by atoms with Gasteiger partial charge in [0.15, 0.2) is 0 Å². The molecule has 0 heterocycles. The molecular weight excluding hydrogens is 207 g/mol. The van der Waals surface area contributed by atoms with Crippen molar-refractivity contribution >= 4 is 11.8 Å². The topological polar surface area (TPSA) is 37.3 Å². The number of hydrogen-bond donors (Lipinski definition) is 1. The van der Waals surface area contributed by atoms with Gasteiger partial charge < -0.3 is 5.11 Å². The highest BCUT2D eigenvalue weighted by atomic mass is 19.1. The third kappa shape index (κ3) is 3.19. The van der Waals surface area contributed by atoms with Crippen LogP contribution in [-0.4, -0.2) is 11.1 Å². The van der Waals surface area contributed by atoms with Gasteiger partial charge >= 0.3 is 5.97 Å². The van der Waals surface area contributed by atoms with E-state index in [1.54, 1.807) is 44.2 Å². The first kappa shape index (κ1) is 12.4. The summed E-state index contributed by atoms with van der Waals surface area (Å²) >= 11 is 0. The Labute approximate surface area is 94.4 Å². The van der Waals surface area contributed by atoms with Crippen molar-refractivity contribution in [1.82, 2.24) is 0 Å². The van der Waals surface area contributed by atoms with E-state index in [1.165, 1.54) is 6.08 Å². The minimum atomic E-state index is -0.999. The van der Waals surface area contributed by atoms with Gasteiger partial charge in [0.25, 0.3) is 0 Å². The zero-order chi connectivity index (χ0) is 12.1. The summed E-state index contributed by atoms with van der Waals surface area (Å²) in [6.45, 7) is 3.52. The maximum absolute atomic E-state index is 13.7. The predicted octanol–water partition coefficient (Wildman–Crippen LogP) is 3.35. The van der Waals surface area contributed by atoms with E-state index in [1.807, 2.05) is 0 Å². The molecule has 0 aliphatic carbocycles. The predicted molar refractivity (Wildman–Crippen MR) is 61.5 cm³/mol. The third-order valence-electron chi connectivity index (χ3n) is 2.38. The molecule has 0 bridgehead atoms. The minimum absolute atomic E-state index is 0.132. The Bertz CT molecular complexity index is 382.